The molecule has 11 heteroatoms. The lowest BCUT2D eigenvalue weighted by atomic mass is 10.0. The molecule has 10 nitrogen and oxygen atoms in total. The quantitative estimate of drug-likeness (QED) is 0.208. The van der Waals surface area contributed by atoms with E-state index in [4.69, 9.17) is 11.5 Å². The number of carbonyl (C=O) groups is 4. The van der Waals surface area contributed by atoms with Crippen molar-refractivity contribution in [3.05, 3.63) is 35.9 Å². The summed E-state index contributed by atoms with van der Waals surface area (Å²) >= 11 is 1.55. The van der Waals surface area contributed by atoms with Gasteiger partial charge >= 0.3 is 5.97 Å². The molecule has 0 aliphatic carbocycles. The minimum absolute atomic E-state index is 0.269. The molecule has 3 amide bonds. The van der Waals surface area contributed by atoms with Gasteiger partial charge in [0.1, 0.15) is 18.1 Å². The van der Waals surface area contributed by atoms with Crippen LogP contribution in [0.3, 0.4) is 0 Å². The van der Waals surface area contributed by atoms with Gasteiger partial charge < -0.3 is 32.1 Å². The highest BCUT2D eigenvalue weighted by Crippen LogP contribution is 2.20. The maximum Gasteiger partial charge on any atom is 0.326 e. The predicted molar refractivity (Wildman–Crippen MR) is 140 cm³/mol. The highest BCUT2D eigenvalue weighted by atomic mass is 32.2. The molecule has 1 aromatic rings. The topological polar surface area (TPSA) is 168 Å². The van der Waals surface area contributed by atoms with Gasteiger partial charge in [-0.2, -0.15) is 11.8 Å². The molecule has 0 aromatic heterocycles. The van der Waals surface area contributed by atoms with E-state index in [-0.39, 0.29) is 12.3 Å². The number of hydrogen-bond donors (Lipinski definition) is 5. The third kappa shape index (κ3) is 9.11. The van der Waals surface area contributed by atoms with Gasteiger partial charge in [-0.3, -0.25) is 14.4 Å². The molecule has 0 bridgehead atoms. The Bertz CT molecular complexity index is 872. The Morgan fingerprint density at radius 3 is 2.47 bits per heavy atom. The zero-order chi connectivity index (χ0) is 26.5. The summed E-state index contributed by atoms with van der Waals surface area (Å²) in [6.07, 6.45) is 5.20. The van der Waals surface area contributed by atoms with Gasteiger partial charge in [0, 0.05) is 6.54 Å². The second-order valence-corrected chi connectivity index (χ2v) is 10.00. The standard InChI is InChI=1S/C25H39N5O5S/c1-36-15-12-19(28-22(31)18(27)16-17-8-3-2-4-9-17)24(33)30-14-7-11-21(30)23(32)29-20(25(34)35)10-5-6-13-26/h2-4,8-9,18-21H,5-7,10-16,26-27H2,1H3,(H,28,31)(H,29,32)(H,34,35). The fraction of sp³-hybridized carbons (Fsp3) is 0.600. The number of nitrogens with one attached hydrogen (secondary N) is 2. The number of hydrogen-bond acceptors (Lipinski definition) is 7. The minimum atomic E-state index is -1.12. The van der Waals surface area contributed by atoms with Crippen LogP contribution in [-0.2, 0) is 25.6 Å². The number of aliphatic carboxylic acids is 1. The Kier molecular flexibility index (Phi) is 12.7. The molecular formula is C25H39N5O5S. The van der Waals surface area contributed by atoms with Gasteiger partial charge in [0.25, 0.3) is 0 Å². The number of carboxylic acid groups (broad SMARTS) is 1. The maximum absolute atomic E-state index is 13.5. The first-order valence-electron chi connectivity index (χ1n) is 12.4. The monoisotopic (exact) mass is 521 g/mol. The van der Waals surface area contributed by atoms with Crippen LogP contribution in [0.25, 0.3) is 0 Å². The summed E-state index contributed by atoms with van der Waals surface area (Å²) in [7, 11) is 0. The smallest absolute Gasteiger partial charge is 0.326 e. The van der Waals surface area contributed by atoms with Crippen LogP contribution < -0.4 is 22.1 Å². The minimum Gasteiger partial charge on any atom is -0.480 e. The van der Waals surface area contributed by atoms with Gasteiger partial charge in [0.05, 0.1) is 6.04 Å². The van der Waals surface area contributed by atoms with E-state index < -0.39 is 42.0 Å². The van der Waals surface area contributed by atoms with E-state index in [2.05, 4.69) is 10.6 Å². The first-order valence-corrected chi connectivity index (χ1v) is 13.8. The zero-order valence-corrected chi connectivity index (χ0v) is 21.7. The summed E-state index contributed by atoms with van der Waals surface area (Å²) in [5.74, 6) is -1.75. The normalized spacial score (nSPS) is 17.8. The number of likely N-dealkylation sites (tertiary alicyclic amines) is 1. The molecule has 1 saturated heterocycles. The van der Waals surface area contributed by atoms with Crippen LogP contribution in [0.5, 0.6) is 0 Å². The molecule has 1 heterocycles. The van der Waals surface area contributed by atoms with Crippen LogP contribution in [-0.4, -0.2) is 83.0 Å². The lowest BCUT2D eigenvalue weighted by Crippen LogP contribution is -2.57. The Morgan fingerprint density at radius 1 is 1.11 bits per heavy atom. The van der Waals surface area contributed by atoms with Crippen molar-refractivity contribution in [2.24, 2.45) is 11.5 Å². The van der Waals surface area contributed by atoms with E-state index in [9.17, 15) is 24.3 Å². The van der Waals surface area contributed by atoms with Crippen LogP contribution in [0.15, 0.2) is 30.3 Å². The molecule has 1 aliphatic rings. The van der Waals surface area contributed by atoms with E-state index in [1.807, 2.05) is 36.6 Å². The van der Waals surface area contributed by atoms with E-state index in [1.54, 1.807) is 11.8 Å². The zero-order valence-electron chi connectivity index (χ0n) is 20.9. The summed E-state index contributed by atoms with van der Waals surface area (Å²) < 4.78 is 0. The summed E-state index contributed by atoms with van der Waals surface area (Å²) in [5, 5.41) is 14.9. The molecule has 200 valence electrons. The molecule has 0 radical (unpaired) electrons. The van der Waals surface area contributed by atoms with Crippen LogP contribution >= 0.6 is 11.8 Å². The Labute approximate surface area is 216 Å². The molecule has 0 spiro atoms. The number of carbonyl (C=O) groups excluding carboxylic acids is 3. The van der Waals surface area contributed by atoms with Gasteiger partial charge in [-0.05, 0) is 69.1 Å². The highest BCUT2D eigenvalue weighted by molar-refractivity contribution is 7.98. The molecular weight excluding hydrogens is 482 g/mol. The van der Waals surface area contributed by atoms with Gasteiger partial charge in [-0.15, -0.1) is 0 Å². The van der Waals surface area contributed by atoms with Crippen LogP contribution in [0, 0.1) is 0 Å². The highest BCUT2D eigenvalue weighted by Gasteiger charge is 2.39. The molecule has 4 atom stereocenters. The Balaban J connectivity index is 2.05. The second kappa shape index (κ2) is 15.5. The lowest BCUT2D eigenvalue weighted by Gasteiger charge is -2.30. The third-order valence-electron chi connectivity index (χ3n) is 6.26. The van der Waals surface area contributed by atoms with E-state index in [0.717, 1.165) is 5.56 Å². The van der Waals surface area contributed by atoms with Crippen molar-refractivity contribution in [1.82, 2.24) is 15.5 Å². The second-order valence-electron chi connectivity index (χ2n) is 9.01. The molecule has 4 unspecified atom stereocenters. The van der Waals surface area contributed by atoms with Crippen molar-refractivity contribution in [2.45, 2.75) is 69.1 Å². The van der Waals surface area contributed by atoms with Crippen LogP contribution in [0.2, 0.25) is 0 Å². The fourth-order valence-corrected chi connectivity index (χ4v) is 4.73. The summed E-state index contributed by atoms with van der Waals surface area (Å²) in [5.41, 5.74) is 12.5. The number of carboxylic acids is 1. The summed E-state index contributed by atoms with van der Waals surface area (Å²) in [6, 6.07) is 5.94. The van der Waals surface area contributed by atoms with Crippen LogP contribution in [0.4, 0.5) is 0 Å². The van der Waals surface area contributed by atoms with Crippen molar-refractivity contribution in [3.63, 3.8) is 0 Å². The van der Waals surface area contributed by atoms with Crippen LogP contribution in [0.1, 0.15) is 44.1 Å². The van der Waals surface area contributed by atoms with Crippen molar-refractivity contribution in [1.29, 1.82) is 0 Å². The number of nitrogens with zero attached hydrogens (tertiary/aromatic N) is 1. The molecule has 1 fully saturated rings. The summed E-state index contributed by atoms with van der Waals surface area (Å²) in [6.45, 7) is 0.812. The van der Waals surface area contributed by atoms with Gasteiger partial charge in [0.2, 0.25) is 17.7 Å². The average molecular weight is 522 g/mol. The Morgan fingerprint density at radius 2 is 1.83 bits per heavy atom. The van der Waals surface area contributed by atoms with E-state index >= 15 is 0 Å². The van der Waals surface area contributed by atoms with Gasteiger partial charge in [0.15, 0.2) is 0 Å². The van der Waals surface area contributed by atoms with E-state index in [1.165, 1.54) is 4.90 Å². The Hall–Kier alpha value is -2.63. The molecule has 36 heavy (non-hydrogen) atoms. The average Bonchev–Trinajstić information content (AvgIpc) is 3.36. The van der Waals surface area contributed by atoms with Gasteiger partial charge in [-0.25, -0.2) is 4.79 Å². The van der Waals surface area contributed by atoms with Crippen molar-refractivity contribution < 1.29 is 24.3 Å². The molecule has 1 aliphatic heterocycles. The number of nitrogens with two attached hydrogens (primary N) is 2. The van der Waals surface area contributed by atoms with Gasteiger partial charge in [-0.1, -0.05) is 30.3 Å². The molecule has 7 N–H and O–H groups in total. The predicted octanol–water partition coefficient (Wildman–Crippen LogP) is 0.484. The summed E-state index contributed by atoms with van der Waals surface area (Å²) in [4.78, 5) is 52.3. The largest absolute Gasteiger partial charge is 0.480 e. The molecule has 0 saturated carbocycles. The number of benzene rings is 1. The SMILES string of the molecule is CSCCC(NC(=O)C(N)Cc1ccccc1)C(=O)N1CCCC1C(=O)NC(CCCCN)C(=O)O. The number of amides is 3. The van der Waals surface area contributed by atoms with Crippen molar-refractivity contribution >= 4 is 35.5 Å². The molecule has 1 aromatic carbocycles. The molecule has 2 rings (SSSR count). The number of thioether (sulfide) groups is 1. The number of rotatable bonds is 15. The van der Waals surface area contributed by atoms with Crippen molar-refractivity contribution in [2.75, 3.05) is 25.1 Å². The van der Waals surface area contributed by atoms with E-state index in [0.29, 0.717) is 57.4 Å². The first-order chi connectivity index (χ1) is 17.3. The van der Waals surface area contributed by atoms with Crippen molar-refractivity contribution in [3.8, 4) is 0 Å². The lowest BCUT2D eigenvalue weighted by molar-refractivity contribution is -0.145. The third-order valence-corrected chi connectivity index (χ3v) is 6.90. The fourth-order valence-electron chi connectivity index (χ4n) is 4.25. The first kappa shape index (κ1) is 29.6. The number of unbranched alkanes of at least 4 members (excludes halogenated alkanes) is 1. The maximum atomic E-state index is 13.5.